The molecule has 0 bridgehead atoms. The minimum absolute atomic E-state index is 0.0591. The first kappa shape index (κ1) is 19.5. The van der Waals surface area contributed by atoms with Crippen LogP contribution in [0.15, 0.2) is 28.4 Å². The zero-order valence-corrected chi connectivity index (χ0v) is 17.2. The molecule has 0 saturated carbocycles. The first-order chi connectivity index (χ1) is 13.0. The highest BCUT2D eigenvalue weighted by Gasteiger charge is 2.17. The van der Waals surface area contributed by atoms with Crippen molar-refractivity contribution in [2.45, 2.75) is 40.2 Å². The predicted molar refractivity (Wildman–Crippen MR) is 111 cm³/mol. The molecular formula is C20H22N2O3S2. The fourth-order valence-corrected chi connectivity index (χ4v) is 4.44. The summed E-state index contributed by atoms with van der Waals surface area (Å²) in [6.07, 6.45) is 5.02. The smallest absolute Gasteiger partial charge is 0.331 e. The second-order valence-corrected chi connectivity index (χ2v) is 8.69. The number of ether oxygens (including phenoxy) is 1. The second-order valence-electron chi connectivity index (χ2n) is 6.50. The number of thiophene rings is 2. The number of nitrogens with zero attached hydrogens (tertiary/aromatic N) is 1. The van der Waals surface area contributed by atoms with Gasteiger partial charge in [0.25, 0.3) is 5.56 Å². The van der Waals surface area contributed by atoms with Gasteiger partial charge in [-0.25, -0.2) is 9.78 Å². The zero-order valence-electron chi connectivity index (χ0n) is 15.6. The van der Waals surface area contributed by atoms with Crippen LogP contribution in [0.5, 0.6) is 0 Å². The fourth-order valence-electron chi connectivity index (χ4n) is 2.75. The summed E-state index contributed by atoms with van der Waals surface area (Å²) in [5.74, 6) is 0.407. The van der Waals surface area contributed by atoms with Gasteiger partial charge < -0.3 is 9.72 Å². The van der Waals surface area contributed by atoms with Crippen LogP contribution >= 0.6 is 22.7 Å². The molecule has 0 fully saturated rings. The van der Waals surface area contributed by atoms with Crippen molar-refractivity contribution in [2.24, 2.45) is 5.92 Å². The Labute approximate surface area is 165 Å². The van der Waals surface area contributed by atoms with Crippen LogP contribution in [0, 0.1) is 12.8 Å². The Balaban J connectivity index is 1.74. The molecule has 0 aliphatic rings. The molecule has 5 nitrogen and oxygen atoms in total. The quantitative estimate of drug-likeness (QED) is 0.459. The Morgan fingerprint density at radius 1 is 1.44 bits per heavy atom. The molecule has 0 unspecified atom stereocenters. The minimum atomic E-state index is -0.467. The Bertz CT molecular complexity index is 1020. The summed E-state index contributed by atoms with van der Waals surface area (Å²) in [6, 6.07) is 3.83. The molecule has 3 aromatic heterocycles. The normalized spacial score (nSPS) is 12.7. The SMILES string of the molecule is CC[C@H](C)Cc1c(C)sc2nc(COC(=O)/C=C/c3cccs3)[nH]c(=O)c12. The van der Waals surface area contributed by atoms with Crippen LogP contribution in [0.25, 0.3) is 16.3 Å². The number of esters is 1. The van der Waals surface area contributed by atoms with E-state index >= 15 is 0 Å². The summed E-state index contributed by atoms with van der Waals surface area (Å²) in [5, 5.41) is 2.61. The van der Waals surface area contributed by atoms with Crippen LogP contribution in [0.3, 0.4) is 0 Å². The minimum Gasteiger partial charge on any atom is -0.454 e. The highest BCUT2D eigenvalue weighted by atomic mass is 32.1. The molecule has 0 spiro atoms. The number of carbonyl (C=O) groups is 1. The molecule has 1 N–H and O–H groups in total. The van der Waals surface area contributed by atoms with Crippen molar-refractivity contribution in [2.75, 3.05) is 0 Å². The number of hydrogen-bond acceptors (Lipinski definition) is 6. The van der Waals surface area contributed by atoms with Gasteiger partial charge in [0.1, 0.15) is 17.3 Å². The Kier molecular flexibility index (Phi) is 6.23. The molecule has 3 aromatic rings. The molecule has 7 heteroatoms. The Hall–Kier alpha value is -2.25. The first-order valence-corrected chi connectivity index (χ1v) is 10.6. The molecule has 3 heterocycles. The van der Waals surface area contributed by atoms with Gasteiger partial charge in [-0.15, -0.1) is 22.7 Å². The van der Waals surface area contributed by atoms with E-state index in [4.69, 9.17) is 4.74 Å². The van der Waals surface area contributed by atoms with Crippen LogP contribution in [-0.4, -0.2) is 15.9 Å². The predicted octanol–water partition coefficient (Wildman–Crippen LogP) is 4.70. The summed E-state index contributed by atoms with van der Waals surface area (Å²) >= 11 is 3.06. The van der Waals surface area contributed by atoms with E-state index in [1.54, 1.807) is 6.08 Å². The van der Waals surface area contributed by atoms with Crippen molar-refractivity contribution in [3.8, 4) is 0 Å². The maximum absolute atomic E-state index is 12.6. The average Bonchev–Trinajstić information content (AvgIpc) is 3.26. The molecule has 0 aliphatic heterocycles. The Morgan fingerprint density at radius 3 is 2.96 bits per heavy atom. The molecule has 3 rings (SSSR count). The number of nitrogens with one attached hydrogen (secondary N) is 1. The number of hydrogen-bond donors (Lipinski definition) is 1. The number of aromatic amines is 1. The van der Waals surface area contributed by atoms with E-state index in [0.717, 1.165) is 28.2 Å². The number of aryl methyl sites for hydroxylation is 1. The third-order valence-corrected chi connectivity index (χ3v) is 6.32. The largest absolute Gasteiger partial charge is 0.454 e. The molecule has 0 radical (unpaired) electrons. The van der Waals surface area contributed by atoms with E-state index in [0.29, 0.717) is 22.0 Å². The third-order valence-electron chi connectivity index (χ3n) is 4.44. The van der Waals surface area contributed by atoms with Gasteiger partial charge in [-0.3, -0.25) is 4.79 Å². The maximum atomic E-state index is 12.6. The van der Waals surface area contributed by atoms with Gasteiger partial charge in [-0.1, -0.05) is 26.3 Å². The average molecular weight is 403 g/mol. The van der Waals surface area contributed by atoms with Crippen molar-refractivity contribution in [1.82, 2.24) is 9.97 Å². The lowest BCUT2D eigenvalue weighted by Gasteiger charge is -2.08. The number of H-pyrrole nitrogens is 1. The van der Waals surface area contributed by atoms with Crippen molar-refractivity contribution >= 4 is 44.9 Å². The number of rotatable bonds is 7. The number of carbonyl (C=O) groups excluding carboxylic acids is 1. The molecule has 0 amide bonds. The van der Waals surface area contributed by atoms with Gasteiger partial charge in [0, 0.05) is 15.8 Å². The maximum Gasteiger partial charge on any atom is 0.331 e. The number of fused-ring (bicyclic) bond motifs is 1. The van der Waals surface area contributed by atoms with E-state index in [1.807, 2.05) is 24.4 Å². The molecule has 142 valence electrons. The topological polar surface area (TPSA) is 72.0 Å². The van der Waals surface area contributed by atoms with Crippen LogP contribution in [0.1, 0.15) is 41.4 Å². The van der Waals surface area contributed by atoms with Gasteiger partial charge in [0.2, 0.25) is 0 Å². The van der Waals surface area contributed by atoms with E-state index < -0.39 is 5.97 Å². The standard InChI is InChI=1S/C20H22N2O3S2/c1-4-12(2)10-15-13(3)27-20-18(15)19(24)21-16(22-20)11-25-17(23)8-7-14-6-5-9-26-14/h5-9,12H,4,10-11H2,1-3H3,(H,21,22,24)/b8-7+/t12-/m0/s1. The summed E-state index contributed by atoms with van der Waals surface area (Å²) in [4.78, 5) is 34.5. The van der Waals surface area contributed by atoms with E-state index in [1.165, 1.54) is 28.7 Å². The van der Waals surface area contributed by atoms with Crippen molar-refractivity contribution in [3.05, 3.63) is 55.1 Å². The summed E-state index contributed by atoms with van der Waals surface area (Å²) < 4.78 is 5.20. The third kappa shape index (κ3) is 4.73. The van der Waals surface area contributed by atoms with Crippen LogP contribution in [0.2, 0.25) is 0 Å². The van der Waals surface area contributed by atoms with Crippen molar-refractivity contribution in [3.63, 3.8) is 0 Å². The van der Waals surface area contributed by atoms with Crippen molar-refractivity contribution < 1.29 is 9.53 Å². The molecule has 0 aliphatic carbocycles. The van der Waals surface area contributed by atoms with E-state index in [2.05, 4.69) is 23.8 Å². The molecule has 0 aromatic carbocycles. The van der Waals surface area contributed by atoms with Gasteiger partial charge in [-0.05, 0) is 42.3 Å². The summed E-state index contributed by atoms with van der Waals surface area (Å²) in [5.41, 5.74) is 0.920. The number of aromatic nitrogens is 2. The van der Waals surface area contributed by atoms with Gasteiger partial charge in [-0.2, -0.15) is 0 Å². The summed E-state index contributed by atoms with van der Waals surface area (Å²) in [7, 11) is 0. The lowest BCUT2D eigenvalue weighted by Crippen LogP contribution is -2.14. The van der Waals surface area contributed by atoms with Crippen LogP contribution < -0.4 is 5.56 Å². The molecule has 0 saturated heterocycles. The molecular weight excluding hydrogens is 380 g/mol. The van der Waals surface area contributed by atoms with E-state index in [-0.39, 0.29) is 12.2 Å². The van der Waals surface area contributed by atoms with Crippen molar-refractivity contribution in [1.29, 1.82) is 0 Å². The van der Waals surface area contributed by atoms with Gasteiger partial charge in [0.15, 0.2) is 0 Å². The van der Waals surface area contributed by atoms with E-state index in [9.17, 15) is 9.59 Å². The Morgan fingerprint density at radius 2 is 2.26 bits per heavy atom. The van der Waals surface area contributed by atoms with Crippen LogP contribution in [-0.2, 0) is 22.6 Å². The first-order valence-electron chi connectivity index (χ1n) is 8.87. The highest BCUT2D eigenvalue weighted by Crippen LogP contribution is 2.29. The van der Waals surface area contributed by atoms with Crippen LogP contribution in [0.4, 0.5) is 0 Å². The fraction of sp³-hybridized carbons (Fsp3) is 0.350. The monoisotopic (exact) mass is 402 g/mol. The lowest BCUT2D eigenvalue weighted by molar-refractivity contribution is -0.139. The van der Waals surface area contributed by atoms with Gasteiger partial charge in [0.05, 0.1) is 5.39 Å². The molecule has 27 heavy (non-hydrogen) atoms. The lowest BCUT2D eigenvalue weighted by atomic mass is 9.98. The summed E-state index contributed by atoms with van der Waals surface area (Å²) in [6.45, 7) is 6.30. The zero-order chi connectivity index (χ0) is 19.4. The highest BCUT2D eigenvalue weighted by molar-refractivity contribution is 7.18. The second kappa shape index (κ2) is 8.63. The molecule has 1 atom stereocenters. The van der Waals surface area contributed by atoms with Gasteiger partial charge >= 0.3 is 5.97 Å².